The summed E-state index contributed by atoms with van der Waals surface area (Å²) in [7, 11) is 1.95. The maximum absolute atomic E-state index is 12.4. The maximum atomic E-state index is 12.4. The molecule has 3 fully saturated rings. The summed E-state index contributed by atoms with van der Waals surface area (Å²) in [5, 5.41) is 11.5. The average Bonchev–Trinajstić information content (AvgIpc) is 3.12. The van der Waals surface area contributed by atoms with Gasteiger partial charge in [0.15, 0.2) is 5.82 Å². The fourth-order valence-corrected chi connectivity index (χ4v) is 5.50. The molecule has 1 aromatic carbocycles. The number of likely N-dealkylation sites (tertiary alicyclic amines) is 1. The molecule has 0 radical (unpaired) electrons. The van der Waals surface area contributed by atoms with Gasteiger partial charge in [-0.15, -0.1) is 0 Å². The number of benzene rings is 1. The Kier molecular flexibility index (Phi) is 5.67. The van der Waals surface area contributed by atoms with Gasteiger partial charge in [-0.3, -0.25) is 19.7 Å². The largest absolute Gasteiger partial charge is 0.329 e. The zero-order valence-corrected chi connectivity index (χ0v) is 18.3. The predicted molar refractivity (Wildman–Crippen MR) is 120 cm³/mol. The normalized spacial score (nSPS) is 22.3. The smallest absolute Gasteiger partial charge is 0.317 e. The van der Waals surface area contributed by atoms with Crippen molar-refractivity contribution in [3.8, 4) is 0 Å². The number of anilines is 1. The minimum absolute atomic E-state index is 0.224. The van der Waals surface area contributed by atoms with Crippen molar-refractivity contribution in [2.45, 2.75) is 38.0 Å². The number of urea groups is 1. The van der Waals surface area contributed by atoms with E-state index in [1.165, 1.54) is 24.9 Å². The van der Waals surface area contributed by atoms with E-state index >= 15 is 0 Å². The minimum Gasteiger partial charge on any atom is -0.317 e. The van der Waals surface area contributed by atoms with E-state index in [2.05, 4.69) is 27.7 Å². The van der Waals surface area contributed by atoms with E-state index in [0.717, 1.165) is 55.8 Å². The standard InChI is InChI=1S/C23H32N6O2/c1-27-21-18(17-7-12-28(13-8-17)15-16-5-10-24-11-6-16)3-2-4-19(21)22(26-27)29-14-9-20(30)25-23(29)31/h2-4,16-17,24H,5-15H2,1H3,(H,25,30,31). The Morgan fingerprint density at radius 1 is 1.06 bits per heavy atom. The van der Waals surface area contributed by atoms with Crippen molar-refractivity contribution in [1.82, 2.24) is 25.3 Å². The molecule has 3 aliphatic rings. The van der Waals surface area contributed by atoms with Crippen LogP contribution in [0.25, 0.3) is 10.9 Å². The van der Waals surface area contributed by atoms with Crippen LogP contribution in [-0.4, -0.2) is 65.9 Å². The first-order chi connectivity index (χ1) is 15.1. The number of nitrogens with zero attached hydrogens (tertiary/aromatic N) is 4. The third-order valence-corrected chi connectivity index (χ3v) is 7.19. The lowest BCUT2D eigenvalue weighted by molar-refractivity contribution is -0.120. The van der Waals surface area contributed by atoms with Gasteiger partial charge in [-0.2, -0.15) is 5.10 Å². The maximum Gasteiger partial charge on any atom is 0.329 e. The van der Waals surface area contributed by atoms with E-state index < -0.39 is 0 Å². The van der Waals surface area contributed by atoms with Crippen molar-refractivity contribution in [2.24, 2.45) is 13.0 Å². The minimum atomic E-state index is -0.382. The Morgan fingerprint density at radius 3 is 2.58 bits per heavy atom. The molecule has 3 aliphatic heterocycles. The van der Waals surface area contributed by atoms with Crippen molar-refractivity contribution in [1.29, 1.82) is 0 Å². The number of carbonyl (C=O) groups excluding carboxylic acids is 2. The molecule has 0 aliphatic carbocycles. The van der Waals surface area contributed by atoms with Gasteiger partial charge in [-0.1, -0.05) is 12.1 Å². The fourth-order valence-electron chi connectivity index (χ4n) is 5.50. The molecule has 0 bridgehead atoms. The number of fused-ring (bicyclic) bond motifs is 1. The topological polar surface area (TPSA) is 82.5 Å². The molecular weight excluding hydrogens is 392 g/mol. The van der Waals surface area contributed by atoms with Crippen LogP contribution in [0.3, 0.4) is 0 Å². The summed E-state index contributed by atoms with van der Waals surface area (Å²) in [6, 6.07) is 5.96. The molecule has 0 unspecified atom stereocenters. The molecule has 8 nitrogen and oxygen atoms in total. The van der Waals surface area contributed by atoms with Crippen LogP contribution < -0.4 is 15.5 Å². The number of piperidine rings is 2. The van der Waals surface area contributed by atoms with Gasteiger partial charge in [0.05, 0.1) is 5.52 Å². The first-order valence-corrected chi connectivity index (χ1v) is 11.6. The van der Waals surface area contributed by atoms with Crippen molar-refractivity contribution in [3.05, 3.63) is 23.8 Å². The zero-order valence-electron chi connectivity index (χ0n) is 18.3. The van der Waals surface area contributed by atoms with Gasteiger partial charge < -0.3 is 10.2 Å². The van der Waals surface area contributed by atoms with Crippen molar-refractivity contribution >= 4 is 28.7 Å². The summed E-state index contributed by atoms with van der Waals surface area (Å²) in [5.74, 6) is 1.77. The summed E-state index contributed by atoms with van der Waals surface area (Å²) in [5.41, 5.74) is 2.44. The number of hydrogen-bond donors (Lipinski definition) is 2. The Labute approximate surface area is 182 Å². The Morgan fingerprint density at radius 2 is 1.84 bits per heavy atom. The highest BCUT2D eigenvalue weighted by atomic mass is 16.2. The molecule has 31 heavy (non-hydrogen) atoms. The van der Waals surface area contributed by atoms with E-state index in [1.54, 1.807) is 4.90 Å². The third-order valence-electron chi connectivity index (χ3n) is 7.19. The van der Waals surface area contributed by atoms with Crippen LogP contribution in [0.2, 0.25) is 0 Å². The highest BCUT2D eigenvalue weighted by Gasteiger charge is 2.30. The Balaban J connectivity index is 1.33. The summed E-state index contributed by atoms with van der Waals surface area (Å²) < 4.78 is 1.91. The first-order valence-electron chi connectivity index (χ1n) is 11.6. The number of nitrogens with one attached hydrogen (secondary N) is 2. The molecule has 3 amide bonds. The van der Waals surface area contributed by atoms with Gasteiger partial charge in [-0.25, -0.2) is 4.79 Å². The SMILES string of the molecule is Cn1nc(N2CCC(=O)NC2=O)c2cccc(C3CCN(CC4CCNCC4)CC3)c21. The first kappa shape index (κ1) is 20.5. The lowest BCUT2D eigenvalue weighted by Gasteiger charge is -2.35. The van der Waals surface area contributed by atoms with Gasteiger partial charge >= 0.3 is 6.03 Å². The van der Waals surface area contributed by atoms with Gasteiger partial charge in [0, 0.05) is 31.9 Å². The van der Waals surface area contributed by atoms with Crippen molar-refractivity contribution in [2.75, 3.05) is 44.2 Å². The second-order valence-electron chi connectivity index (χ2n) is 9.21. The van der Waals surface area contributed by atoms with E-state index in [0.29, 0.717) is 24.7 Å². The zero-order chi connectivity index (χ0) is 21.4. The molecule has 0 spiro atoms. The number of para-hydroxylation sites is 1. The molecule has 5 rings (SSSR count). The van der Waals surface area contributed by atoms with Gasteiger partial charge in [0.25, 0.3) is 0 Å². The van der Waals surface area contributed by atoms with Gasteiger partial charge in [0.1, 0.15) is 0 Å². The molecule has 166 valence electrons. The third kappa shape index (κ3) is 4.06. The molecular formula is C23H32N6O2. The average molecular weight is 425 g/mol. The molecule has 8 heteroatoms. The van der Waals surface area contributed by atoms with Crippen molar-refractivity contribution < 1.29 is 9.59 Å². The molecule has 3 saturated heterocycles. The monoisotopic (exact) mass is 424 g/mol. The Bertz CT molecular complexity index is 972. The number of carbonyl (C=O) groups is 2. The predicted octanol–water partition coefficient (Wildman–Crippen LogP) is 2.20. The van der Waals surface area contributed by atoms with Crippen LogP contribution in [0.15, 0.2) is 18.2 Å². The summed E-state index contributed by atoms with van der Waals surface area (Å²) in [4.78, 5) is 28.2. The van der Waals surface area contributed by atoms with Crippen LogP contribution in [0.4, 0.5) is 10.6 Å². The molecule has 2 aromatic rings. The van der Waals surface area contributed by atoms with E-state index in [1.807, 2.05) is 17.8 Å². The number of amides is 3. The molecule has 4 heterocycles. The van der Waals surface area contributed by atoms with Crippen LogP contribution in [0, 0.1) is 5.92 Å². The van der Waals surface area contributed by atoms with Crippen LogP contribution >= 0.6 is 0 Å². The summed E-state index contributed by atoms with van der Waals surface area (Å²) >= 11 is 0. The van der Waals surface area contributed by atoms with Crippen LogP contribution in [-0.2, 0) is 11.8 Å². The van der Waals surface area contributed by atoms with Gasteiger partial charge in [0.2, 0.25) is 5.91 Å². The van der Waals surface area contributed by atoms with Crippen LogP contribution in [0.5, 0.6) is 0 Å². The number of aromatic nitrogens is 2. The number of rotatable bonds is 4. The number of imide groups is 1. The molecule has 1 aromatic heterocycles. The van der Waals surface area contributed by atoms with Crippen molar-refractivity contribution in [3.63, 3.8) is 0 Å². The summed E-state index contributed by atoms with van der Waals surface area (Å²) in [6.45, 7) is 6.22. The number of hydrogen-bond acceptors (Lipinski definition) is 5. The quantitative estimate of drug-likeness (QED) is 0.786. The number of aryl methyl sites for hydroxylation is 1. The molecule has 0 saturated carbocycles. The second kappa shape index (κ2) is 8.59. The van der Waals surface area contributed by atoms with E-state index in [-0.39, 0.29) is 11.9 Å². The fraction of sp³-hybridized carbons (Fsp3) is 0.609. The van der Waals surface area contributed by atoms with E-state index in [4.69, 9.17) is 5.10 Å². The lowest BCUT2D eigenvalue weighted by atomic mass is 9.87. The highest BCUT2D eigenvalue weighted by Crippen LogP contribution is 2.36. The van der Waals surface area contributed by atoms with Gasteiger partial charge in [-0.05, 0) is 75.3 Å². The summed E-state index contributed by atoms with van der Waals surface area (Å²) in [6.07, 6.45) is 5.21. The molecule has 2 N–H and O–H groups in total. The van der Waals surface area contributed by atoms with E-state index in [9.17, 15) is 9.59 Å². The highest BCUT2D eigenvalue weighted by molar-refractivity contribution is 6.09. The second-order valence-corrected chi connectivity index (χ2v) is 9.21. The molecule has 0 atom stereocenters. The lowest BCUT2D eigenvalue weighted by Crippen LogP contribution is -2.49. The van der Waals surface area contributed by atoms with Crippen LogP contribution in [0.1, 0.15) is 43.6 Å². The Hall–Kier alpha value is -2.45.